The van der Waals surface area contributed by atoms with E-state index in [9.17, 15) is 21.6 Å². The van der Waals surface area contributed by atoms with Crippen LogP contribution in [0.4, 0.5) is 5.69 Å². The van der Waals surface area contributed by atoms with Crippen molar-refractivity contribution in [2.24, 2.45) is 0 Å². The van der Waals surface area contributed by atoms with Crippen LogP contribution in [0.1, 0.15) is 16.8 Å². The van der Waals surface area contributed by atoms with Gasteiger partial charge in [0.2, 0.25) is 0 Å². The second-order valence-electron chi connectivity index (χ2n) is 7.79. The molecule has 2 aliphatic rings. The van der Waals surface area contributed by atoms with E-state index in [0.717, 1.165) is 0 Å². The van der Waals surface area contributed by atoms with Gasteiger partial charge >= 0.3 is 0 Å². The fourth-order valence-corrected chi connectivity index (χ4v) is 6.64. The van der Waals surface area contributed by atoms with Gasteiger partial charge in [-0.25, -0.2) is 16.8 Å². The summed E-state index contributed by atoms with van der Waals surface area (Å²) in [5.41, 5.74) is 0.442. The molecule has 1 fully saturated rings. The third-order valence-corrected chi connectivity index (χ3v) is 8.55. The van der Waals surface area contributed by atoms with Gasteiger partial charge in [0.1, 0.15) is 13.2 Å². The molecule has 176 valence electrons. The normalized spacial score (nSPS) is 19.0. The van der Waals surface area contributed by atoms with E-state index in [4.69, 9.17) is 9.47 Å². The molecule has 1 amide bonds. The van der Waals surface area contributed by atoms with Gasteiger partial charge < -0.3 is 14.4 Å². The quantitative estimate of drug-likeness (QED) is 0.588. The maximum absolute atomic E-state index is 13.2. The third kappa shape index (κ3) is 5.14. The molecule has 1 N–H and O–H groups in total. The maximum Gasteiger partial charge on any atom is 0.262 e. The number of anilines is 1. The lowest BCUT2D eigenvalue weighted by molar-refractivity contribution is 0.0720. The first-order valence-electron chi connectivity index (χ1n) is 10.3. The minimum atomic E-state index is -3.96. The molecular weight excluding hydrogens is 468 g/mol. The number of sulfone groups is 1. The van der Waals surface area contributed by atoms with Crippen molar-refractivity contribution in [3.05, 3.63) is 60.7 Å². The fraction of sp³-hybridized carbons (Fsp3) is 0.318. The minimum absolute atomic E-state index is 0.00655. The lowest BCUT2D eigenvalue weighted by Gasteiger charge is -2.27. The number of hydrogen-bond donors (Lipinski definition) is 1. The minimum Gasteiger partial charge on any atom is -0.486 e. The Bertz CT molecular complexity index is 1290. The highest BCUT2D eigenvalue weighted by Gasteiger charge is 2.34. The molecule has 0 spiro atoms. The Balaban J connectivity index is 1.55. The summed E-state index contributed by atoms with van der Waals surface area (Å²) in [4.78, 5) is 14.6. The van der Waals surface area contributed by atoms with Crippen molar-refractivity contribution in [3.63, 3.8) is 0 Å². The molecule has 0 bridgehead atoms. The molecule has 2 aromatic carbocycles. The molecule has 4 rings (SSSR count). The lowest BCUT2D eigenvalue weighted by atomic mass is 10.1. The van der Waals surface area contributed by atoms with E-state index < -0.39 is 31.8 Å². The molecule has 1 unspecified atom stereocenters. The van der Waals surface area contributed by atoms with Crippen LogP contribution < -0.4 is 14.2 Å². The van der Waals surface area contributed by atoms with E-state index in [2.05, 4.69) is 11.3 Å². The first kappa shape index (κ1) is 23.1. The third-order valence-electron chi connectivity index (χ3n) is 5.42. The molecule has 0 saturated carbocycles. The smallest absolute Gasteiger partial charge is 0.262 e. The van der Waals surface area contributed by atoms with Crippen molar-refractivity contribution >= 4 is 31.5 Å². The maximum atomic E-state index is 13.2. The molecule has 2 heterocycles. The Hall–Kier alpha value is -3.05. The van der Waals surface area contributed by atoms with Crippen molar-refractivity contribution in [3.8, 4) is 11.5 Å². The number of nitrogens with one attached hydrogen (secondary N) is 1. The Morgan fingerprint density at radius 1 is 1.15 bits per heavy atom. The Labute approximate surface area is 193 Å². The van der Waals surface area contributed by atoms with Crippen LogP contribution in [0.25, 0.3) is 0 Å². The van der Waals surface area contributed by atoms with Crippen LogP contribution in [0, 0.1) is 0 Å². The SMILES string of the molecule is C=CCN(C(=O)c1cccc(NS(=O)(=O)c2ccc3c(c2)OCCO3)c1)C1CCS(=O)(=O)C1. The largest absolute Gasteiger partial charge is 0.486 e. The highest BCUT2D eigenvalue weighted by Crippen LogP contribution is 2.33. The zero-order valence-corrected chi connectivity index (χ0v) is 19.4. The summed E-state index contributed by atoms with van der Waals surface area (Å²) in [6.07, 6.45) is 1.90. The number of ether oxygens (including phenoxy) is 2. The van der Waals surface area contributed by atoms with Crippen molar-refractivity contribution in [2.75, 3.05) is 36.0 Å². The van der Waals surface area contributed by atoms with E-state index in [1.165, 1.54) is 41.3 Å². The molecular formula is C22H24N2O7S2. The molecule has 11 heteroatoms. The number of sulfonamides is 1. The van der Waals surface area contributed by atoms with Crippen LogP contribution in [0.2, 0.25) is 0 Å². The number of rotatable bonds is 7. The van der Waals surface area contributed by atoms with E-state index >= 15 is 0 Å². The number of amides is 1. The summed E-state index contributed by atoms with van der Waals surface area (Å²) in [6.45, 7) is 4.57. The van der Waals surface area contributed by atoms with Gasteiger partial charge in [0.05, 0.1) is 16.4 Å². The van der Waals surface area contributed by atoms with Gasteiger partial charge in [-0.15, -0.1) is 6.58 Å². The number of nitrogens with zero attached hydrogens (tertiary/aromatic N) is 1. The summed E-state index contributed by atoms with van der Waals surface area (Å²) < 4.78 is 62.9. The second-order valence-corrected chi connectivity index (χ2v) is 11.7. The van der Waals surface area contributed by atoms with E-state index in [0.29, 0.717) is 31.1 Å². The van der Waals surface area contributed by atoms with Gasteiger partial charge in [0.15, 0.2) is 21.3 Å². The van der Waals surface area contributed by atoms with E-state index in [1.807, 2.05) is 0 Å². The monoisotopic (exact) mass is 492 g/mol. The molecule has 33 heavy (non-hydrogen) atoms. The molecule has 0 aromatic heterocycles. The number of fused-ring (bicyclic) bond motifs is 1. The molecule has 1 atom stereocenters. The first-order chi connectivity index (χ1) is 15.7. The van der Waals surface area contributed by atoms with Crippen LogP contribution >= 0.6 is 0 Å². The van der Waals surface area contributed by atoms with Crippen molar-refractivity contribution in [1.29, 1.82) is 0 Å². The summed E-state index contributed by atoms with van der Waals surface area (Å²) >= 11 is 0. The Kier molecular flexibility index (Phi) is 6.35. The number of carbonyl (C=O) groups excluding carboxylic acids is 1. The number of hydrogen-bond acceptors (Lipinski definition) is 7. The molecule has 0 radical (unpaired) electrons. The second kappa shape index (κ2) is 9.06. The first-order valence-corrected chi connectivity index (χ1v) is 13.6. The Morgan fingerprint density at radius 3 is 2.61 bits per heavy atom. The van der Waals surface area contributed by atoms with Gasteiger partial charge in [-0.3, -0.25) is 9.52 Å². The fourth-order valence-electron chi connectivity index (χ4n) is 3.84. The summed E-state index contributed by atoms with van der Waals surface area (Å²) in [5.74, 6) is 0.373. The van der Waals surface area contributed by atoms with Crippen LogP contribution in [-0.4, -0.2) is 64.9 Å². The van der Waals surface area contributed by atoms with E-state index in [-0.39, 0.29) is 34.2 Å². The van der Waals surface area contributed by atoms with Crippen molar-refractivity contribution in [1.82, 2.24) is 4.90 Å². The molecule has 9 nitrogen and oxygen atoms in total. The molecule has 2 aromatic rings. The van der Waals surface area contributed by atoms with Crippen molar-refractivity contribution in [2.45, 2.75) is 17.4 Å². The Morgan fingerprint density at radius 2 is 1.91 bits per heavy atom. The highest BCUT2D eigenvalue weighted by molar-refractivity contribution is 7.92. The zero-order chi connectivity index (χ0) is 23.6. The predicted octanol–water partition coefficient (Wildman–Crippen LogP) is 2.07. The van der Waals surface area contributed by atoms with Crippen molar-refractivity contribution < 1.29 is 31.1 Å². The van der Waals surface area contributed by atoms with Gasteiger partial charge in [-0.05, 0) is 36.8 Å². The molecule has 2 aliphatic heterocycles. The molecule has 1 saturated heterocycles. The summed E-state index contributed by atoms with van der Waals surface area (Å²) in [7, 11) is -7.14. The van der Waals surface area contributed by atoms with Crippen LogP contribution in [0.3, 0.4) is 0 Å². The standard InChI is InChI=1S/C22H24N2O7S2/c1-2-9-24(18-8-12-32(26,27)15-18)22(25)16-4-3-5-17(13-16)23-33(28,29)19-6-7-20-21(14-19)31-11-10-30-20/h2-7,13-14,18,23H,1,8-12,15H2. The van der Waals surface area contributed by atoms with Gasteiger partial charge in [-0.2, -0.15) is 0 Å². The number of carbonyl (C=O) groups is 1. The van der Waals surface area contributed by atoms with Crippen LogP contribution in [0.15, 0.2) is 60.0 Å². The average Bonchev–Trinajstić information content (AvgIpc) is 3.15. The summed E-state index contributed by atoms with van der Waals surface area (Å²) in [6, 6.07) is 9.97. The van der Waals surface area contributed by atoms with E-state index in [1.54, 1.807) is 12.1 Å². The van der Waals surface area contributed by atoms with Crippen LogP contribution in [-0.2, 0) is 19.9 Å². The predicted molar refractivity (Wildman–Crippen MR) is 123 cm³/mol. The highest BCUT2D eigenvalue weighted by atomic mass is 32.2. The number of benzene rings is 2. The molecule has 0 aliphatic carbocycles. The lowest BCUT2D eigenvalue weighted by Crippen LogP contribution is -2.41. The average molecular weight is 493 g/mol. The van der Waals surface area contributed by atoms with Gasteiger partial charge in [0.25, 0.3) is 15.9 Å². The van der Waals surface area contributed by atoms with Gasteiger partial charge in [0, 0.05) is 29.9 Å². The topological polar surface area (TPSA) is 119 Å². The van der Waals surface area contributed by atoms with Crippen LogP contribution in [0.5, 0.6) is 11.5 Å². The van der Waals surface area contributed by atoms with Gasteiger partial charge in [-0.1, -0.05) is 12.1 Å². The summed E-state index contributed by atoms with van der Waals surface area (Å²) in [5, 5.41) is 0. The zero-order valence-electron chi connectivity index (χ0n) is 17.8.